The first-order valence-corrected chi connectivity index (χ1v) is 11.2. The summed E-state index contributed by atoms with van der Waals surface area (Å²) in [6.07, 6.45) is 3.32. The minimum Gasteiger partial charge on any atom is -0.502 e. The minimum absolute atomic E-state index is 0.0126. The molecule has 2 aromatic carbocycles. The lowest BCUT2D eigenvalue weighted by Crippen LogP contribution is -2.63. The van der Waals surface area contributed by atoms with Crippen molar-refractivity contribution in [3.63, 3.8) is 0 Å². The summed E-state index contributed by atoms with van der Waals surface area (Å²) in [6, 6.07) is 15.8. The fraction of sp³-hybridized carbons (Fsp3) is 0.280. The third-order valence-corrected chi connectivity index (χ3v) is 7.72. The lowest BCUT2D eigenvalue weighted by molar-refractivity contribution is 0.0658. The molecule has 0 fully saturated rings. The molecule has 6 rings (SSSR count). The molecular formula is C25H22ClN3O3. The highest BCUT2D eigenvalue weighted by molar-refractivity contribution is 6.31. The molecule has 3 aromatic rings. The van der Waals surface area contributed by atoms with E-state index in [2.05, 4.69) is 29.3 Å². The fourth-order valence-corrected chi connectivity index (χ4v) is 6.28. The average Bonchev–Trinajstić information content (AvgIpc) is 3.29. The molecule has 2 unspecified atom stereocenters. The SMILES string of the molecule is CCN1CN(C23c4ccccc4CC2Cc2c(Cl)cccc23)n2ccc(=O)c(O)c2C1=O. The molecule has 7 heteroatoms. The normalized spacial score (nSPS) is 23.1. The smallest absolute Gasteiger partial charge is 0.277 e. The van der Waals surface area contributed by atoms with Gasteiger partial charge in [-0.1, -0.05) is 48.0 Å². The van der Waals surface area contributed by atoms with E-state index in [-0.39, 0.29) is 17.5 Å². The highest BCUT2D eigenvalue weighted by Gasteiger charge is 2.59. The van der Waals surface area contributed by atoms with Crippen LogP contribution in [0.3, 0.4) is 0 Å². The van der Waals surface area contributed by atoms with Crippen LogP contribution in [0.2, 0.25) is 5.02 Å². The summed E-state index contributed by atoms with van der Waals surface area (Å²) in [7, 11) is 0. The Labute approximate surface area is 190 Å². The highest BCUT2D eigenvalue weighted by atomic mass is 35.5. The monoisotopic (exact) mass is 447 g/mol. The van der Waals surface area contributed by atoms with Crippen LogP contribution < -0.4 is 10.4 Å². The molecule has 1 amide bonds. The third kappa shape index (κ3) is 2.25. The number of carbonyl (C=O) groups is 1. The van der Waals surface area contributed by atoms with Crippen LogP contribution >= 0.6 is 11.6 Å². The number of fused-ring (bicyclic) bond motifs is 6. The molecule has 6 nitrogen and oxygen atoms in total. The molecule has 1 aromatic heterocycles. The van der Waals surface area contributed by atoms with E-state index >= 15 is 0 Å². The van der Waals surface area contributed by atoms with Crippen molar-refractivity contribution in [1.29, 1.82) is 0 Å². The number of rotatable bonds is 2. The van der Waals surface area contributed by atoms with Gasteiger partial charge in [-0.05, 0) is 48.1 Å². The molecule has 0 spiro atoms. The summed E-state index contributed by atoms with van der Waals surface area (Å²) in [5, 5.41) is 13.5. The third-order valence-electron chi connectivity index (χ3n) is 7.36. The summed E-state index contributed by atoms with van der Waals surface area (Å²) in [5.74, 6) is -0.650. The number of halogens is 1. The van der Waals surface area contributed by atoms with E-state index in [0.29, 0.717) is 13.2 Å². The first-order valence-electron chi connectivity index (χ1n) is 10.9. The zero-order valence-electron chi connectivity index (χ0n) is 17.6. The van der Waals surface area contributed by atoms with Gasteiger partial charge in [-0.15, -0.1) is 0 Å². The fourth-order valence-electron chi connectivity index (χ4n) is 6.03. The van der Waals surface area contributed by atoms with Crippen molar-refractivity contribution >= 4 is 17.5 Å². The predicted octanol–water partition coefficient (Wildman–Crippen LogP) is 3.25. The summed E-state index contributed by atoms with van der Waals surface area (Å²) in [5.41, 5.74) is 3.59. The van der Waals surface area contributed by atoms with Crippen LogP contribution in [0.5, 0.6) is 5.75 Å². The number of carbonyl (C=O) groups excluding carboxylic acids is 1. The number of hydrogen-bond acceptors (Lipinski definition) is 4. The number of hydrogen-bond donors (Lipinski definition) is 1. The molecule has 2 aliphatic carbocycles. The van der Waals surface area contributed by atoms with Gasteiger partial charge in [0.25, 0.3) is 5.91 Å². The van der Waals surface area contributed by atoms with Gasteiger partial charge in [0.05, 0.1) is 0 Å². The summed E-state index contributed by atoms with van der Waals surface area (Å²) < 4.78 is 1.69. The first kappa shape index (κ1) is 19.4. The zero-order chi connectivity index (χ0) is 22.2. The van der Waals surface area contributed by atoms with E-state index in [0.717, 1.165) is 29.0 Å². The Hall–Kier alpha value is -3.25. The molecular weight excluding hydrogens is 426 g/mol. The van der Waals surface area contributed by atoms with E-state index < -0.39 is 16.7 Å². The molecule has 3 aliphatic rings. The quantitative estimate of drug-likeness (QED) is 0.655. The zero-order valence-corrected chi connectivity index (χ0v) is 18.3. The highest BCUT2D eigenvalue weighted by Crippen LogP contribution is 2.57. The maximum atomic E-state index is 13.2. The van der Waals surface area contributed by atoms with Gasteiger partial charge < -0.3 is 10.0 Å². The van der Waals surface area contributed by atoms with E-state index in [1.807, 2.05) is 25.1 Å². The maximum Gasteiger partial charge on any atom is 0.277 e. The first-order chi connectivity index (χ1) is 15.5. The summed E-state index contributed by atoms with van der Waals surface area (Å²) >= 11 is 6.66. The Bertz CT molecular complexity index is 1350. The van der Waals surface area contributed by atoms with Gasteiger partial charge in [0, 0.05) is 29.7 Å². The Balaban J connectivity index is 1.71. The second kappa shape index (κ2) is 6.62. The van der Waals surface area contributed by atoms with Gasteiger partial charge in [0.15, 0.2) is 11.4 Å². The number of pyridine rings is 1. The lowest BCUT2D eigenvalue weighted by atomic mass is 9.81. The molecule has 0 saturated carbocycles. The second-order valence-corrected chi connectivity index (χ2v) is 9.13. The molecule has 32 heavy (non-hydrogen) atoms. The van der Waals surface area contributed by atoms with Crippen LogP contribution in [0.25, 0.3) is 0 Å². The molecule has 162 valence electrons. The number of benzene rings is 2. The topological polar surface area (TPSA) is 65.8 Å². The molecule has 1 aliphatic heterocycles. The van der Waals surface area contributed by atoms with E-state index in [9.17, 15) is 14.7 Å². The van der Waals surface area contributed by atoms with Crippen LogP contribution in [0.4, 0.5) is 0 Å². The average molecular weight is 448 g/mol. The number of nitrogens with zero attached hydrogens (tertiary/aromatic N) is 3. The number of aromatic nitrogens is 1. The largest absolute Gasteiger partial charge is 0.502 e. The van der Waals surface area contributed by atoms with Gasteiger partial charge in [-0.2, -0.15) is 0 Å². The number of aromatic hydroxyl groups is 1. The second-order valence-electron chi connectivity index (χ2n) is 8.72. The molecule has 2 heterocycles. The Morgan fingerprint density at radius 2 is 1.84 bits per heavy atom. The van der Waals surface area contributed by atoms with Crippen molar-refractivity contribution in [1.82, 2.24) is 9.58 Å². The van der Waals surface area contributed by atoms with Crippen LogP contribution in [0.15, 0.2) is 59.5 Å². The molecule has 0 saturated heterocycles. The minimum atomic E-state index is -0.568. The van der Waals surface area contributed by atoms with Gasteiger partial charge in [0.1, 0.15) is 12.2 Å². The van der Waals surface area contributed by atoms with Crippen LogP contribution in [-0.2, 0) is 18.4 Å². The number of amides is 1. The van der Waals surface area contributed by atoms with Crippen molar-refractivity contribution in [2.24, 2.45) is 5.92 Å². The van der Waals surface area contributed by atoms with Crippen molar-refractivity contribution in [3.05, 3.63) is 97.9 Å². The molecule has 1 N–H and O–H groups in total. The Kier molecular flexibility index (Phi) is 4.02. The van der Waals surface area contributed by atoms with Crippen LogP contribution in [-0.4, -0.2) is 33.8 Å². The predicted molar refractivity (Wildman–Crippen MR) is 122 cm³/mol. The molecule has 0 bridgehead atoms. The van der Waals surface area contributed by atoms with Crippen molar-refractivity contribution < 1.29 is 9.90 Å². The van der Waals surface area contributed by atoms with Gasteiger partial charge >= 0.3 is 0 Å². The van der Waals surface area contributed by atoms with E-state index in [1.165, 1.54) is 17.2 Å². The lowest BCUT2D eigenvalue weighted by Gasteiger charge is -2.50. The van der Waals surface area contributed by atoms with E-state index in [4.69, 9.17) is 11.6 Å². The van der Waals surface area contributed by atoms with Gasteiger partial charge in [-0.3, -0.25) is 19.3 Å². The van der Waals surface area contributed by atoms with E-state index in [1.54, 1.807) is 15.8 Å². The van der Waals surface area contributed by atoms with Crippen molar-refractivity contribution in [2.45, 2.75) is 25.3 Å². The Morgan fingerprint density at radius 1 is 1.06 bits per heavy atom. The molecule has 2 atom stereocenters. The molecule has 0 radical (unpaired) electrons. The van der Waals surface area contributed by atoms with Gasteiger partial charge in [0.2, 0.25) is 5.43 Å². The van der Waals surface area contributed by atoms with Crippen LogP contribution in [0, 0.1) is 5.92 Å². The standard InChI is InChI=1S/C25H22ClN3O3/c1-2-27-14-29(28-11-10-21(30)23(31)22(28)24(27)32)25-16(12-15-6-3-4-7-18(15)25)13-17-19(25)8-5-9-20(17)26/h3-11,16,31H,2,12-14H2,1H3. The maximum absolute atomic E-state index is 13.2. The van der Waals surface area contributed by atoms with Crippen molar-refractivity contribution in [3.8, 4) is 5.75 Å². The Morgan fingerprint density at radius 3 is 2.66 bits per heavy atom. The van der Waals surface area contributed by atoms with Gasteiger partial charge in [-0.25, -0.2) is 0 Å². The van der Waals surface area contributed by atoms with Crippen LogP contribution in [0.1, 0.15) is 39.7 Å². The summed E-state index contributed by atoms with van der Waals surface area (Å²) in [4.78, 5) is 27.1. The summed E-state index contributed by atoms with van der Waals surface area (Å²) in [6.45, 7) is 2.70. The van der Waals surface area contributed by atoms with Crippen molar-refractivity contribution in [2.75, 3.05) is 18.2 Å².